The minimum Gasteiger partial charge on any atom is -0.336 e. The van der Waals surface area contributed by atoms with E-state index in [9.17, 15) is 22.0 Å². The summed E-state index contributed by atoms with van der Waals surface area (Å²) in [6.07, 6.45) is 0. The molecule has 0 bridgehead atoms. The molecule has 1 aromatic heterocycles. The summed E-state index contributed by atoms with van der Waals surface area (Å²) in [6, 6.07) is 11.8. The monoisotopic (exact) mass is 494 g/mol. The summed E-state index contributed by atoms with van der Waals surface area (Å²) in [5, 5.41) is 4.59. The maximum atomic E-state index is 14.0. The molecule has 4 rings (SSSR count). The van der Waals surface area contributed by atoms with Crippen LogP contribution in [-0.2, 0) is 16.6 Å². The summed E-state index contributed by atoms with van der Waals surface area (Å²) in [6.45, 7) is 2.13. The number of aromatic nitrogens is 2. The van der Waals surface area contributed by atoms with Gasteiger partial charge in [0.25, 0.3) is 5.91 Å². The van der Waals surface area contributed by atoms with Gasteiger partial charge in [-0.05, 0) is 30.7 Å². The number of aryl methyl sites for hydroxylation is 1. The molecule has 0 atom stereocenters. The number of rotatable bonds is 5. The predicted molar refractivity (Wildman–Crippen MR) is 119 cm³/mol. The molecule has 1 amide bonds. The molecule has 174 valence electrons. The molecular weight excluding hydrogens is 474 g/mol. The second-order valence-electron chi connectivity index (χ2n) is 7.67. The Morgan fingerprint density at radius 1 is 1.06 bits per heavy atom. The van der Waals surface area contributed by atoms with Crippen molar-refractivity contribution in [1.82, 2.24) is 19.0 Å². The van der Waals surface area contributed by atoms with Crippen LogP contribution >= 0.6 is 11.6 Å². The number of hydrogen-bond donors (Lipinski definition) is 0. The van der Waals surface area contributed by atoms with Crippen LogP contribution < -0.4 is 0 Å². The zero-order valence-corrected chi connectivity index (χ0v) is 19.3. The normalized spacial score (nSPS) is 15.1. The minimum atomic E-state index is -4.24. The van der Waals surface area contributed by atoms with E-state index in [1.165, 1.54) is 4.90 Å². The summed E-state index contributed by atoms with van der Waals surface area (Å²) in [5.41, 5.74) is 1.71. The number of amides is 1. The number of carbonyl (C=O) groups excluding carboxylic acids is 1. The molecule has 1 fully saturated rings. The Bertz CT molecular complexity index is 1290. The summed E-state index contributed by atoms with van der Waals surface area (Å²) < 4.78 is 55.7. The number of halogens is 3. The van der Waals surface area contributed by atoms with Gasteiger partial charge in [0.2, 0.25) is 10.0 Å². The fourth-order valence-electron chi connectivity index (χ4n) is 3.76. The smallest absolute Gasteiger partial charge is 0.258 e. The van der Waals surface area contributed by atoms with Gasteiger partial charge in [0.15, 0.2) is 0 Å². The molecule has 0 N–H and O–H groups in total. The Hall–Kier alpha value is -2.82. The third-order valence-electron chi connectivity index (χ3n) is 5.49. The highest BCUT2D eigenvalue weighted by molar-refractivity contribution is 7.89. The first kappa shape index (κ1) is 23.3. The van der Waals surface area contributed by atoms with E-state index in [4.69, 9.17) is 11.6 Å². The zero-order valence-electron chi connectivity index (χ0n) is 17.7. The number of carbonyl (C=O) groups is 1. The van der Waals surface area contributed by atoms with Crippen molar-refractivity contribution in [3.63, 3.8) is 0 Å². The standard InChI is InChI=1S/C22H21ClF2N4O3S/c1-15-20(21(23)29(26-15)14-16-5-3-2-4-6-16)22(30)27-9-11-28(12-10-27)33(31,32)19-13-17(24)7-8-18(19)25/h2-8,13H,9-12,14H2,1H3. The van der Waals surface area contributed by atoms with Crippen molar-refractivity contribution in [2.45, 2.75) is 18.4 Å². The van der Waals surface area contributed by atoms with Gasteiger partial charge in [-0.1, -0.05) is 41.9 Å². The van der Waals surface area contributed by atoms with E-state index >= 15 is 0 Å². The Morgan fingerprint density at radius 3 is 2.39 bits per heavy atom. The van der Waals surface area contributed by atoms with E-state index in [2.05, 4.69) is 5.10 Å². The lowest BCUT2D eigenvalue weighted by Crippen LogP contribution is -2.50. The fraction of sp³-hybridized carbons (Fsp3) is 0.273. The first-order valence-electron chi connectivity index (χ1n) is 10.2. The van der Waals surface area contributed by atoms with Crippen molar-refractivity contribution in [1.29, 1.82) is 0 Å². The molecule has 1 aliphatic rings. The Labute approximate surface area is 195 Å². The van der Waals surface area contributed by atoms with Gasteiger partial charge in [-0.2, -0.15) is 9.40 Å². The van der Waals surface area contributed by atoms with Crippen molar-refractivity contribution in [2.75, 3.05) is 26.2 Å². The lowest BCUT2D eigenvalue weighted by molar-refractivity contribution is 0.0697. The van der Waals surface area contributed by atoms with Crippen LogP contribution in [0, 0.1) is 18.6 Å². The Balaban J connectivity index is 1.48. The number of hydrogen-bond acceptors (Lipinski definition) is 4. The van der Waals surface area contributed by atoms with Gasteiger partial charge >= 0.3 is 0 Å². The van der Waals surface area contributed by atoms with Crippen LogP contribution in [0.25, 0.3) is 0 Å². The largest absolute Gasteiger partial charge is 0.336 e. The number of benzene rings is 2. The van der Waals surface area contributed by atoms with Crippen LogP contribution in [0.5, 0.6) is 0 Å². The van der Waals surface area contributed by atoms with Gasteiger partial charge in [-0.15, -0.1) is 0 Å². The van der Waals surface area contributed by atoms with Gasteiger partial charge in [-0.3, -0.25) is 4.79 Å². The van der Waals surface area contributed by atoms with Gasteiger partial charge in [0.1, 0.15) is 21.7 Å². The molecule has 33 heavy (non-hydrogen) atoms. The molecule has 0 saturated carbocycles. The molecule has 2 heterocycles. The minimum absolute atomic E-state index is 0.0567. The molecule has 0 radical (unpaired) electrons. The van der Waals surface area contributed by atoms with Gasteiger partial charge < -0.3 is 4.90 Å². The third-order valence-corrected chi connectivity index (χ3v) is 7.79. The molecule has 2 aromatic carbocycles. The number of nitrogens with zero attached hydrogens (tertiary/aromatic N) is 4. The highest BCUT2D eigenvalue weighted by Gasteiger charge is 2.34. The average molecular weight is 495 g/mol. The number of sulfonamides is 1. The van der Waals surface area contributed by atoms with Crippen LogP contribution in [-0.4, -0.2) is 59.5 Å². The molecule has 1 aliphatic heterocycles. The van der Waals surface area contributed by atoms with E-state index in [0.717, 1.165) is 22.0 Å². The van der Waals surface area contributed by atoms with Crippen LogP contribution in [0.2, 0.25) is 5.15 Å². The fourth-order valence-corrected chi connectivity index (χ4v) is 5.57. The molecular formula is C22H21ClF2N4O3S. The molecule has 0 spiro atoms. The molecule has 0 aliphatic carbocycles. The van der Waals surface area contributed by atoms with E-state index in [0.29, 0.717) is 18.3 Å². The average Bonchev–Trinajstić information content (AvgIpc) is 3.08. The van der Waals surface area contributed by atoms with E-state index in [1.807, 2.05) is 30.3 Å². The molecule has 7 nitrogen and oxygen atoms in total. The van der Waals surface area contributed by atoms with Crippen molar-refractivity contribution >= 4 is 27.5 Å². The summed E-state index contributed by atoms with van der Waals surface area (Å²) in [4.78, 5) is 13.9. The van der Waals surface area contributed by atoms with Crippen LogP contribution in [0.3, 0.4) is 0 Å². The van der Waals surface area contributed by atoms with Crippen molar-refractivity contribution in [3.8, 4) is 0 Å². The van der Waals surface area contributed by atoms with Crippen molar-refractivity contribution in [3.05, 3.63) is 82.1 Å². The van der Waals surface area contributed by atoms with Crippen LogP contribution in [0.1, 0.15) is 21.6 Å². The Kier molecular flexibility index (Phi) is 6.51. The Morgan fingerprint density at radius 2 is 1.73 bits per heavy atom. The predicted octanol–water partition coefficient (Wildman–Crippen LogP) is 3.32. The summed E-state index contributed by atoms with van der Waals surface area (Å²) in [7, 11) is -4.24. The van der Waals surface area contributed by atoms with E-state index in [-0.39, 0.29) is 42.8 Å². The van der Waals surface area contributed by atoms with Gasteiger partial charge in [0.05, 0.1) is 17.8 Å². The molecule has 1 saturated heterocycles. The van der Waals surface area contributed by atoms with Crippen LogP contribution in [0.4, 0.5) is 8.78 Å². The van der Waals surface area contributed by atoms with E-state index in [1.54, 1.807) is 11.6 Å². The summed E-state index contributed by atoms with van der Waals surface area (Å²) in [5.74, 6) is -2.23. The maximum absolute atomic E-state index is 14.0. The second kappa shape index (κ2) is 9.20. The SMILES string of the molecule is Cc1nn(Cc2ccccc2)c(Cl)c1C(=O)N1CCN(S(=O)(=O)c2cc(F)ccc2F)CC1. The molecule has 3 aromatic rings. The lowest BCUT2D eigenvalue weighted by Gasteiger charge is -2.34. The second-order valence-corrected chi connectivity index (χ2v) is 9.93. The molecule has 11 heteroatoms. The lowest BCUT2D eigenvalue weighted by atomic mass is 10.2. The first-order chi connectivity index (χ1) is 15.7. The van der Waals surface area contributed by atoms with Crippen LogP contribution in [0.15, 0.2) is 53.4 Å². The van der Waals surface area contributed by atoms with E-state index < -0.39 is 26.6 Å². The van der Waals surface area contributed by atoms with Crippen molar-refractivity contribution in [2.24, 2.45) is 0 Å². The highest BCUT2D eigenvalue weighted by Crippen LogP contribution is 2.25. The van der Waals surface area contributed by atoms with Gasteiger partial charge in [0, 0.05) is 26.2 Å². The number of piperazine rings is 1. The summed E-state index contributed by atoms with van der Waals surface area (Å²) >= 11 is 6.48. The molecule has 0 unspecified atom stereocenters. The van der Waals surface area contributed by atoms with Crippen molar-refractivity contribution < 1.29 is 22.0 Å². The quantitative estimate of drug-likeness (QED) is 0.545. The first-order valence-corrected chi connectivity index (χ1v) is 12.0. The third kappa shape index (κ3) is 4.64. The van der Waals surface area contributed by atoms with Gasteiger partial charge in [-0.25, -0.2) is 21.9 Å². The topological polar surface area (TPSA) is 75.5 Å². The maximum Gasteiger partial charge on any atom is 0.258 e. The zero-order chi connectivity index (χ0) is 23.8. The highest BCUT2D eigenvalue weighted by atomic mass is 35.5.